The molecule has 0 saturated carbocycles. The molecule has 0 spiro atoms. The minimum absolute atomic E-state index is 0.213. The van der Waals surface area contributed by atoms with Gasteiger partial charge in [-0.25, -0.2) is 0 Å². The zero-order valence-corrected chi connectivity index (χ0v) is 13.7. The van der Waals surface area contributed by atoms with Gasteiger partial charge in [0, 0.05) is 4.83 Å². The molecule has 0 aromatic heterocycles. The number of ether oxygens (including phenoxy) is 1. The average Bonchev–Trinajstić information content (AvgIpc) is 2.31. The molecule has 0 amide bonds. The molecule has 0 aliphatic heterocycles. The first-order chi connectivity index (χ1) is 8.44. The zero-order chi connectivity index (χ0) is 14.0. The summed E-state index contributed by atoms with van der Waals surface area (Å²) in [5.74, 6) is -0.373. The van der Waals surface area contributed by atoms with E-state index in [1.807, 2.05) is 0 Å². The van der Waals surface area contributed by atoms with Crippen LogP contribution in [-0.2, 0) is 9.53 Å². The summed E-state index contributed by atoms with van der Waals surface area (Å²) in [7, 11) is 0. The highest BCUT2D eigenvalue weighted by molar-refractivity contribution is 9.09. The largest absolute Gasteiger partial charge is 0.460 e. The Hall–Kier alpha value is -0.0200. The van der Waals surface area contributed by atoms with E-state index in [2.05, 4.69) is 29.4 Å². The fraction of sp³-hybridized carbons (Fsp3) is 0.786. The smallest absolute Gasteiger partial charge is 0.327 e. The maximum Gasteiger partial charge on any atom is 0.327 e. The number of hydrogen-bond donors (Lipinski definition) is 0. The maximum absolute atomic E-state index is 11.7. The molecule has 2 nitrogen and oxygen atoms in total. The van der Waals surface area contributed by atoms with Crippen LogP contribution in [0.15, 0.2) is 12.7 Å². The maximum atomic E-state index is 11.7. The first-order valence-corrected chi connectivity index (χ1v) is 7.84. The number of rotatable bonds is 10. The van der Waals surface area contributed by atoms with Crippen molar-refractivity contribution in [1.82, 2.24) is 0 Å². The number of unbranched alkanes of at least 4 members (excludes halogenated alkanes) is 3. The lowest BCUT2D eigenvalue weighted by Crippen LogP contribution is -2.33. The molecule has 0 N–H and O–H groups in total. The number of esters is 1. The Balaban J connectivity index is 3.97. The predicted octanol–water partition coefficient (Wildman–Crippen LogP) is 4.84. The van der Waals surface area contributed by atoms with Crippen molar-refractivity contribution < 1.29 is 9.53 Å². The lowest BCUT2D eigenvalue weighted by Gasteiger charge is -2.22. The SMILES string of the molecule is C=CCOC(=O)C(C)(Cl)CC(Br)CCCCCC. The normalized spacial score (nSPS) is 15.8. The van der Waals surface area contributed by atoms with E-state index < -0.39 is 4.87 Å². The van der Waals surface area contributed by atoms with Gasteiger partial charge < -0.3 is 4.74 Å². The lowest BCUT2D eigenvalue weighted by atomic mass is 10.0. The molecule has 0 aliphatic rings. The van der Waals surface area contributed by atoms with Crippen molar-refractivity contribution in [3.8, 4) is 0 Å². The van der Waals surface area contributed by atoms with Crippen LogP contribution in [0.5, 0.6) is 0 Å². The van der Waals surface area contributed by atoms with E-state index in [0.29, 0.717) is 6.42 Å². The van der Waals surface area contributed by atoms with Crippen LogP contribution in [0.2, 0.25) is 0 Å². The van der Waals surface area contributed by atoms with Crippen LogP contribution < -0.4 is 0 Å². The van der Waals surface area contributed by atoms with Gasteiger partial charge in [0.05, 0.1) is 0 Å². The van der Waals surface area contributed by atoms with Crippen LogP contribution in [0.25, 0.3) is 0 Å². The molecule has 2 unspecified atom stereocenters. The summed E-state index contributed by atoms with van der Waals surface area (Å²) in [6.45, 7) is 7.62. The van der Waals surface area contributed by atoms with Crippen molar-refractivity contribution in [3.05, 3.63) is 12.7 Å². The summed E-state index contributed by atoms with van der Waals surface area (Å²) < 4.78 is 4.99. The minimum atomic E-state index is -0.956. The Labute approximate surface area is 124 Å². The first-order valence-electron chi connectivity index (χ1n) is 6.55. The molecule has 0 aliphatic carbocycles. The van der Waals surface area contributed by atoms with Gasteiger partial charge in [0.2, 0.25) is 0 Å². The van der Waals surface area contributed by atoms with Crippen molar-refractivity contribution in [2.45, 2.75) is 62.1 Å². The highest BCUT2D eigenvalue weighted by Crippen LogP contribution is 2.28. The van der Waals surface area contributed by atoms with E-state index in [-0.39, 0.29) is 17.4 Å². The Bertz CT molecular complexity index is 254. The van der Waals surface area contributed by atoms with Crippen molar-refractivity contribution in [2.75, 3.05) is 6.61 Å². The monoisotopic (exact) mass is 338 g/mol. The summed E-state index contributed by atoms with van der Waals surface area (Å²) >= 11 is 9.81. The predicted molar refractivity (Wildman–Crippen MR) is 81.5 cm³/mol. The molecule has 0 rings (SSSR count). The van der Waals surface area contributed by atoms with Crippen LogP contribution in [0.1, 0.15) is 52.4 Å². The Morgan fingerprint density at radius 2 is 2.17 bits per heavy atom. The molecule has 4 heteroatoms. The van der Waals surface area contributed by atoms with E-state index in [0.717, 1.165) is 6.42 Å². The number of alkyl halides is 2. The van der Waals surface area contributed by atoms with Gasteiger partial charge >= 0.3 is 5.97 Å². The molecule has 18 heavy (non-hydrogen) atoms. The lowest BCUT2D eigenvalue weighted by molar-refractivity contribution is -0.145. The third kappa shape index (κ3) is 8.15. The van der Waals surface area contributed by atoms with E-state index in [9.17, 15) is 4.79 Å². The fourth-order valence-corrected chi connectivity index (χ4v) is 3.08. The third-order valence-electron chi connectivity index (χ3n) is 2.73. The van der Waals surface area contributed by atoms with Crippen LogP contribution in [0, 0.1) is 0 Å². The van der Waals surface area contributed by atoms with Gasteiger partial charge in [0.25, 0.3) is 0 Å². The van der Waals surface area contributed by atoms with Crippen molar-refractivity contribution in [2.24, 2.45) is 0 Å². The molecule has 0 fully saturated rings. The minimum Gasteiger partial charge on any atom is -0.460 e. The summed E-state index contributed by atoms with van der Waals surface area (Å²) in [5, 5.41) is 0. The highest BCUT2D eigenvalue weighted by atomic mass is 79.9. The average molecular weight is 340 g/mol. The van der Waals surface area contributed by atoms with Gasteiger partial charge in [-0.15, -0.1) is 11.6 Å². The van der Waals surface area contributed by atoms with Gasteiger partial charge in [-0.05, 0) is 19.8 Å². The van der Waals surface area contributed by atoms with Gasteiger partial charge in [-0.2, -0.15) is 0 Å². The van der Waals surface area contributed by atoms with Gasteiger partial charge in [0.15, 0.2) is 0 Å². The van der Waals surface area contributed by atoms with E-state index in [1.54, 1.807) is 13.0 Å². The number of hydrogen-bond acceptors (Lipinski definition) is 2. The molecule has 2 atom stereocenters. The molecule has 0 bridgehead atoms. The number of carbonyl (C=O) groups is 1. The third-order valence-corrected chi connectivity index (χ3v) is 3.82. The van der Waals surface area contributed by atoms with E-state index in [4.69, 9.17) is 16.3 Å². The Kier molecular flexibility index (Phi) is 9.84. The van der Waals surface area contributed by atoms with Crippen LogP contribution >= 0.6 is 27.5 Å². The van der Waals surface area contributed by atoms with Gasteiger partial charge in [0.1, 0.15) is 11.5 Å². The second kappa shape index (κ2) is 9.85. The van der Waals surface area contributed by atoms with Crippen molar-refractivity contribution >= 4 is 33.5 Å². The van der Waals surface area contributed by atoms with Crippen molar-refractivity contribution in [1.29, 1.82) is 0 Å². The van der Waals surface area contributed by atoms with Crippen LogP contribution in [0.3, 0.4) is 0 Å². The first kappa shape index (κ1) is 18.0. The molecule has 106 valence electrons. The quantitative estimate of drug-likeness (QED) is 0.246. The highest BCUT2D eigenvalue weighted by Gasteiger charge is 2.34. The molecule has 0 radical (unpaired) electrons. The standard InChI is InChI=1S/C14H24BrClO2/c1-4-6-7-8-9-12(15)11-14(3,16)13(17)18-10-5-2/h5,12H,2,4,6-11H2,1,3H3. The number of carbonyl (C=O) groups excluding carboxylic acids is 1. The topological polar surface area (TPSA) is 26.3 Å². The van der Waals surface area contributed by atoms with Crippen molar-refractivity contribution in [3.63, 3.8) is 0 Å². The Morgan fingerprint density at radius 3 is 2.72 bits per heavy atom. The van der Waals surface area contributed by atoms with Crippen LogP contribution in [0.4, 0.5) is 0 Å². The zero-order valence-electron chi connectivity index (χ0n) is 11.4. The van der Waals surface area contributed by atoms with E-state index in [1.165, 1.54) is 25.7 Å². The second-order valence-corrected chi connectivity index (χ2v) is 6.86. The molecule has 0 saturated heterocycles. The molecular weight excluding hydrogens is 316 g/mol. The molecule has 0 aromatic rings. The second-order valence-electron chi connectivity index (χ2n) is 4.74. The summed E-state index contributed by atoms with van der Waals surface area (Å²) in [6, 6.07) is 0. The van der Waals surface area contributed by atoms with Crippen LogP contribution in [-0.4, -0.2) is 22.3 Å². The summed E-state index contributed by atoms with van der Waals surface area (Å²) in [6.07, 6.45) is 8.05. The van der Waals surface area contributed by atoms with Gasteiger partial charge in [-0.1, -0.05) is 61.2 Å². The molecule has 0 aromatic carbocycles. The number of halogens is 2. The summed E-state index contributed by atoms with van der Waals surface area (Å²) in [4.78, 5) is 11.0. The van der Waals surface area contributed by atoms with Gasteiger partial charge in [-0.3, -0.25) is 4.79 Å². The Morgan fingerprint density at radius 1 is 1.50 bits per heavy atom. The molecular formula is C14H24BrClO2. The molecule has 0 heterocycles. The fourth-order valence-electron chi connectivity index (χ4n) is 1.68. The summed E-state index contributed by atoms with van der Waals surface area (Å²) in [5.41, 5.74) is 0. The van der Waals surface area contributed by atoms with E-state index >= 15 is 0 Å².